The standard InChI is InChI=1S/C11H21NO3/c1-3-9(4-2)10(13)12-7-11(14)5-6-15-8-11/h9,14H,3-8H2,1-2H3,(H,12,13). The van der Waals surface area contributed by atoms with E-state index in [0.29, 0.717) is 26.2 Å². The molecular weight excluding hydrogens is 194 g/mol. The molecule has 0 saturated carbocycles. The van der Waals surface area contributed by atoms with Crippen molar-refractivity contribution in [2.75, 3.05) is 19.8 Å². The third kappa shape index (κ3) is 3.47. The van der Waals surface area contributed by atoms with Gasteiger partial charge >= 0.3 is 0 Å². The maximum atomic E-state index is 11.6. The van der Waals surface area contributed by atoms with Crippen LogP contribution in [0.3, 0.4) is 0 Å². The molecule has 1 saturated heterocycles. The van der Waals surface area contributed by atoms with Gasteiger partial charge in [-0.3, -0.25) is 4.79 Å². The van der Waals surface area contributed by atoms with Crippen LogP contribution in [0.5, 0.6) is 0 Å². The van der Waals surface area contributed by atoms with E-state index in [4.69, 9.17) is 4.74 Å². The first-order valence-corrected chi connectivity index (χ1v) is 5.69. The van der Waals surface area contributed by atoms with Gasteiger partial charge in [0.1, 0.15) is 5.60 Å². The Hall–Kier alpha value is -0.610. The van der Waals surface area contributed by atoms with Gasteiger partial charge in [0.25, 0.3) is 0 Å². The molecule has 0 spiro atoms. The van der Waals surface area contributed by atoms with Crippen LogP contribution in [0, 0.1) is 5.92 Å². The summed E-state index contributed by atoms with van der Waals surface area (Å²) in [5.74, 6) is 0.108. The summed E-state index contributed by atoms with van der Waals surface area (Å²) >= 11 is 0. The largest absolute Gasteiger partial charge is 0.386 e. The van der Waals surface area contributed by atoms with Gasteiger partial charge in [0.05, 0.1) is 6.61 Å². The number of hydrogen-bond donors (Lipinski definition) is 2. The summed E-state index contributed by atoms with van der Waals surface area (Å²) in [5, 5.41) is 12.7. The molecule has 2 N–H and O–H groups in total. The maximum absolute atomic E-state index is 11.6. The smallest absolute Gasteiger partial charge is 0.223 e. The van der Waals surface area contributed by atoms with Crippen LogP contribution in [0.15, 0.2) is 0 Å². The summed E-state index contributed by atoms with van der Waals surface area (Å²) in [6, 6.07) is 0. The van der Waals surface area contributed by atoms with Gasteiger partial charge in [-0.05, 0) is 12.8 Å². The number of nitrogens with one attached hydrogen (secondary N) is 1. The minimum atomic E-state index is -0.846. The Morgan fingerprint density at radius 2 is 2.20 bits per heavy atom. The number of rotatable bonds is 5. The summed E-state index contributed by atoms with van der Waals surface area (Å²) in [6.07, 6.45) is 2.30. The zero-order chi connectivity index (χ0) is 11.3. The first kappa shape index (κ1) is 12.5. The molecule has 1 rings (SSSR count). The van der Waals surface area contributed by atoms with Crippen molar-refractivity contribution >= 4 is 5.91 Å². The Morgan fingerprint density at radius 1 is 1.53 bits per heavy atom. The zero-order valence-corrected chi connectivity index (χ0v) is 9.58. The van der Waals surface area contributed by atoms with Crippen LogP contribution in [0.25, 0.3) is 0 Å². The van der Waals surface area contributed by atoms with E-state index in [1.54, 1.807) is 0 Å². The molecule has 1 aliphatic rings. The van der Waals surface area contributed by atoms with Crippen molar-refractivity contribution in [3.05, 3.63) is 0 Å². The number of carbonyl (C=O) groups is 1. The minimum absolute atomic E-state index is 0.0420. The Labute approximate surface area is 91.0 Å². The average Bonchev–Trinajstić information content (AvgIpc) is 2.65. The van der Waals surface area contributed by atoms with Crippen molar-refractivity contribution in [2.24, 2.45) is 5.92 Å². The Balaban J connectivity index is 2.32. The number of ether oxygens (including phenoxy) is 1. The van der Waals surface area contributed by atoms with E-state index >= 15 is 0 Å². The highest BCUT2D eigenvalue weighted by molar-refractivity contribution is 5.78. The molecule has 1 amide bonds. The lowest BCUT2D eigenvalue weighted by Gasteiger charge is -2.22. The van der Waals surface area contributed by atoms with E-state index in [-0.39, 0.29) is 11.8 Å². The van der Waals surface area contributed by atoms with Crippen LogP contribution in [0.2, 0.25) is 0 Å². The first-order chi connectivity index (χ1) is 7.11. The lowest BCUT2D eigenvalue weighted by molar-refractivity contribution is -0.126. The maximum Gasteiger partial charge on any atom is 0.223 e. The number of hydrogen-bond acceptors (Lipinski definition) is 3. The monoisotopic (exact) mass is 215 g/mol. The highest BCUT2D eigenvalue weighted by atomic mass is 16.5. The second-order valence-corrected chi connectivity index (χ2v) is 4.26. The number of carbonyl (C=O) groups excluding carboxylic acids is 1. The van der Waals surface area contributed by atoms with Crippen molar-refractivity contribution in [1.29, 1.82) is 0 Å². The molecule has 0 aromatic heterocycles. The predicted octanol–water partition coefficient (Wildman–Crippen LogP) is 0.690. The molecule has 0 bridgehead atoms. The minimum Gasteiger partial charge on any atom is -0.386 e. The lowest BCUT2D eigenvalue weighted by atomic mass is 10.0. The number of aliphatic hydroxyl groups is 1. The second kappa shape index (κ2) is 5.47. The van der Waals surface area contributed by atoms with E-state index in [1.165, 1.54) is 0 Å². The molecule has 1 fully saturated rings. The molecule has 0 aliphatic carbocycles. The van der Waals surface area contributed by atoms with Crippen LogP contribution in [-0.2, 0) is 9.53 Å². The SMILES string of the molecule is CCC(CC)C(=O)NCC1(O)CCOC1. The fourth-order valence-corrected chi connectivity index (χ4v) is 1.79. The molecule has 1 unspecified atom stereocenters. The van der Waals surface area contributed by atoms with Gasteiger partial charge < -0.3 is 15.2 Å². The molecule has 0 aromatic rings. The molecular formula is C11H21NO3. The van der Waals surface area contributed by atoms with E-state index in [9.17, 15) is 9.90 Å². The molecule has 1 aliphatic heterocycles. The summed E-state index contributed by atoms with van der Waals surface area (Å²) in [5.41, 5.74) is -0.846. The molecule has 88 valence electrons. The average molecular weight is 215 g/mol. The van der Waals surface area contributed by atoms with Gasteiger partial charge in [-0.15, -0.1) is 0 Å². The van der Waals surface area contributed by atoms with Gasteiger partial charge in [-0.25, -0.2) is 0 Å². The van der Waals surface area contributed by atoms with Crippen molar-refractivity contribution in [2.45, 2.75) is 38.7 Å². The predicted molar refractivity (Wildman–Crippen MR) is 57.5 cm³/mol. The molecule has 4 heteroatoms. The molecule has 1 atom stereocenters. The molecule has 4 nitrogen and oxygen atoms in total. The third-order valence-corrected chi connectivity index (χ3v) is 3.03. The van der Waals surface area contributed by atoms with Crippen LogP contribution in [0.1, 0.15) is 33.1 Å². The summed E-state index contributed by atoms with van der Waals surface area (Å²) < 4.78 is 5.10. The fourth-order valence-electron chi connectivity index (χ4n) is 1.79. The normalized spacial score (nSPS) is 25.9. The molecule has 0 aromatic carbocycles. The zero-order valence-electron chi connectivity index (χ0n) is 9.58. The van der Waals surface area contributed by atoms with Crippen molar-refractivity contribution in [3.8, 4) is 0 Å². The molecule has 0 radical (unpaired) electrons. The van der Waals surface area contributed by atoms with Crippen LogP contribution in [0.4, 0.5) is 0 Å². The fraction of sp³-hybridized carbons (Fsp3) is 0.909. The second-order valence-electron chi connectivity index (χ2n) is 4.26. The Bertz CT molecular complexity index is 208. The van der Waals surface area contributed by atoms with Crippen molar-refractivity contribution in [3.63, 3.8) is 0 Å². The van der Waals surface area contributed by atoms with Gasteiger partial charge in [0, 0.05) is 25.5 Å². The highest BCUT2D eigenvalue weighted by Gasteiger charge is 2.32. The van der Waals surface area contributed by atoms with Gasteiger partial charge in [0.2, 0.25) is 5.91 Å². The topological polar surface area (TPSA) is 58.6 Å². The van der Waals surface area contributed by atoms with E-state index in [2.05, 4.69) is 5.32 Å². The Morgan fingerprint density at radius 3 is 2.67 bits per heavy atom. The van der Waals surface area contributed by atoms with Crippen LogP contribution >= 0.6 is 0 Å². The first-order valence-electron chi connectivity index (χ1n) is 5.69. The van der Waals surface area contributed by atoms with E-state index < -0.39 is 5.60 Å². The van der Waals surface area contributed by atoms with Crippen molar-refractivity contribution < 1.29 is 14.6 Å². The van der Waals surface area contributed by atoms with Gasteiger partial charge in [0.15, 0.2) is 0 Å². The van der Waals surface area contributed by atoms with Crippen LogP contribution in [-0.4, -0.2) is 36.4 Å². The van der Waals surface area contributed by atoms with E-state index in [1.807, 2.05) is 13.8 Å². The summed E-state index contributed by atoms with van der Waals surface area (Å²) in [6.45, 7) is 5.22. The lowest BCUT2D eigenvalue weighted by Crippen LogP contribution is -2.45. The third-order valence-electron chi connectivity index (χ3n) is 3.03. The molecule has 15 heavy (non-hydrogen) atoms. The van der Waals surface area contributed by atoms with Gasteiger partial charge in [-0.2, -0.15) is 0 Å². The Kier molecular flexibility index (Phi) is 4.54. The summed E-state index contributed by atoms with van der Waals surface area (Å²) in [4.78, 5) is 11.6. The van der Waals surface area contributed by atoms with Crippen molar-refractivity contribution in [1.82, 2.24) is 5.32 Å². The van der Waals surface area contributed by atoms with E-state index in [0.717, 1.165) is 12.8 Å². The number of amides is 1. The van der Waals surface area contributed by atoms with Crippen LogP contribution < -0.4 is 5.32 Å². The quantitative estimate of drug-likeness (QED) is 0.709. The highest BCUT2D eigenvalue weighted by Crippen LogP contribution is 2.17. The van der Waals surface area contributed by atoms with Gasteiger partial charge in [-0.1, -0.05) is 13.8 Å². The summed E-state index contributed by atoms with van der Waals surface area (Å²) in [7, 11) is 0. The molecule has 1 heterocycles.